The van der Waals surface area contributed by atoms with Gasteiger partial charge < -0.3 is 15.0 Å². The maximum Gasteiger partial charge on any atom is 0.417 e. The molecule has 0 bridgehead atoms. The molecule has 39 heavy (non-hydrogen) atoms. The molecule has 0 radical (unpaired) electrons. The van der Waals surface area contributed by atoms with Crippen molar-refractivity contribution in [3.8, 4) is 11.1 Å². The number of carboxylic acids is 1. The number of rotatable bonds is 6. The van der Waals surface area contributed by atoms with E-state index in [9.17, 15) is 41.1 Å². The summed E-state index contributed by atoms with van der Waals surface area (Å²) in [6.07, 6.45) is -5.06. The van der Waals surface area contributed by atoms with Crippen LogP contribution in [0.2, 0.25) is 0 Å². The van der Waals surface area contributed by atoms with Gasteiger partial charge in [-0.3, -0.25) is 9.59 Å². The van der Waals surface area contributed by atoms with Crippen LogP contribution in [0.25, 0.3) is 11.1 Å². The van der Waals surface area contributed by atoms with Crippen LogP contribution in [0, 0.1) is 6.92 Å². The third kappa shape index (κ3) is 5.39. The monoisotopic (exact) mass is 559 g/mol. The van der Waals surface area contributed by atoms with E-state index in [-0.39, 0.29) is 33.8 Å². The number of pyridine rings is 1. The number of carboxylic acid groups (broad SMARTS) is 1. The highest BCUT2D eigenvalue weighted by atomic mass is 32.2. The standard InChI is InChI=1S/C26H20F3N3O6S/c1-13-11-17(26(27,28)29)20(24(34)32(13)2)15-9-7-14(8-10-15)12-19(25(35)36)31-23(33)21-22(39(37)38)16-5-3-4-6-18(16)30-21/h3-11,19H,12H2,1-2H3,(H,31,33)(H,35,36)/t19-/m0/s1. The number of halogens is 3. The van der Waals surface area contributed by atoms with Crippen LogP contribution in [0.5, 0.6) is 0 Å². The summed E-state index contributed by atoms with van der Waals surface area (Å²) in [6, 6.07) is 10.7. The van der Waals surface area contributed by atoms with Crippen molar-refractivity contribution in [1.29, 1.82) is 0 Å². The first-order chi connectivity index (χ1) is 18.3. The lowest BCUT2D eigenvalue weighted by molar-refractivity contribution is -0.141. The molecule has 202 valence electrons. The first-order valence-electron chi connectivity index (χ1n) is 11.3. The fourth-order valence-corrected chi connectivity index (χ4v) is 4.83. The van der Waals surface area contributed by atoms with Crippen molar-refractivity contribution in [3.05, 3.63) is 87.3 Å². The van der Waals surface area contributed by atoms with Crippen molar-refractivity contribution < 1.29 is 36.3 Å². The van der Waals surface area contributed by atoms with E-state index in [1.54, 1.807) is 12.1 Å². The highest BCUT2D eigenvalue weighted by Gasteiger charge is 2.36. The first kappa shape index (κ1) is 27.5. The molecule has 1 aromatic heterocycles. The van der Waals surface area contributed by atoms with Crippen molar-refractivity contribution in [2.75, 3.05) is 0 Å². The fraction of sp³-hybridized carbons (Fsp3) is 0.192. The number of nitrogens with zero attached hydrogens (tertiary/aromatic N) is 2. The third-order valence-electron chi connectivity index (χ3n) is 6.24. The molecule has 3 aromatic rings. The van der Waals surface area contributed by atoms with Crippen LogP contribution in [0.3, 0.4) is 0 Å². The molecule has 0 saturated carbocycles. The molecule has 9 nitrogen and oxygen atoms in total. The van der Waals surface area contributed by atoms with Gasteiger partial charge in [-0.05, 0) is 30.2 Å². The van der Waals surface area contributed by atoms with Gasteiger partial charge in [0, 0.05) is 24.7 Å². The summed E-state index contributed by atoms with van der Waals surface area (Å²) in [5.74, 6) is -2.45. The number of aliphatic carboxylic acids is 1. The average molecular weight is 560 g/mol. The number of hydrogen-bond donors (Lipinski definition) is 2. The summed E-state index contributed by atoms with van der Waals surface area (Å²) in [6.45, 7) is 1.38. The Hall–Kier alpha value is -4.52. The number of amides is 1. The lowest BCUT2D eigenvalue weighted by Gasteiger charge is -2.17. The summed E-state index contributed by atoms with van der Waals surface area (Å²) in [4.78, 5) is 41.1. The van der Waals surface area contributed by atoms with Gasteiger partial charge in [0.1, 0.15) is 10.9 Å². The Morgan fingerprint density at radius 1 is 1.10 bits per heavy atom. The zero-order valence-electron chi connectivity index (χ0n) is 20.4. The number of alkyl halides is 3. The van der Waals surface area contributed by atoms with E-state index < -0.39 is 56.8 Å². The summed E-state index contributed by atoms with van der Waals surface area (Å²) in [7, 11) is -1.48. The normalized spacial score (nSPS) is 13.5. The molecule has 13 heteroatoms. The largest absolute Gasteiger partial charge is 0.480 e. The second-order valence-electron chi connectivity index (χ2n) is 8.74. The molecule has 2 heterocycles. The Bertz CT molecular complexity index is 1730. The summed E-state index contributed by atoms with van der Waals surface area (Å²) in [5.41, 5.74) is -2.04. The summed E-state index contributed by atoms with van der Waals surface area (Å²) in [5, 5.41) is 11.9. The molecule has 0 fully saturated rings. The van der Waals surface area contributed by atoms with Crippen molar-refractivity contribution >= 4 is 38.4 Å². The summed E-state index contributed by atoms with van der Waals surface area (Å²) >= 11 is 0. The van der Waals surface area contributed by atoms with Gasteiger partial charge in [-0.25, -0.2) is 9.79 Å². The number of hydrogen-bond acceptors (Lipinski definition) is 6. The molecule has 0 spiro atoms. The molecule has 4 rings (SSSR count). The predicted molar refractivity (Wildman–Crippen MR) is 137 cm³/mol. The lowest BCUT2D eigenvalue weighted by Crippen LogP contribution is -2.46. The van der Waals surface area contributed by atoms with Crippen LogP contribution >= 0.6 is 0 Å². The minimum atomic E-state index is -4.78. The number of para-hydroxylation sites is 1. The van der Waals surface area contributed by atoms with Gasteiger partial charge in [0.15, 0.2) is 5.71 Å². The maximum absolute atomic E-state index is 13.7. The van der Waals surface area contributed by atoms with Gasteiger partial charge in [0.25, 0.3) is 11.5 Å². The quantitative estimate of drug-likeness (QED) is 0.446. The van der Waals surface area contributed by atoms with Gasteiger partial charge >= 0.3 is 12.1 Å². The number of aromatic nitrogens is 1. The molecule has 2 N–H and O–H groups in total. The molecule has 1 aliphatic rings. The van der Waals surface area contributed by atoms with Crippen molar-refractivity contribution in [2.45, 2.75) is 25.6 Å². The van der Waals surface area contributed by atoms with Crippen LogP contribution < -0.4 is 10.9 Å². The first-order valence-corrected chi connectivity index (χ1v) is 12.4. The SMILES string of the molecule is Cc1cc(C(F)(F)F)c(-c2ccc(C[C@H](NC(=O)C3=Nc4ccccc4C3=S(=O)=O)C(=O)O)cc2)c(=O)n1C. The van der Waals surface area contributed by atoms with Crippen LogP contribution in [-0.2, 0) is 39.5 Å². The number of carbonyl (C=O) groups is 2. The number of aliphatic imine (C=N–C) groups is 1. The molecule has 1 atom stereocenters. The minimum Gasteiger partial charge on any atom is -0.480 e. The van der Waals surface area contributed by atoms with E-state index in [1.165, 1.54) is 50.4 Å². The zero-order chi connectivity index (χ0) is 28.6. The predicted octanol–water partition coefficient (Wildman–Crippen LogP) is 2.68. The molecule has 1 aliphatic heterocycles. The van der Waals surface area contributed by atoms with E-state index in [4.69, 9.17) is 0 Å². The molecule has 0 unspecified atom stereocenters. The number of benzene rings is 2. The molecule has 0 saturated heterocycles. The van der Waals surface area contributed by atoms with Crippen LogP contribution in [-0.4, -0.2) is 46.6 Å². The Morgan fingerprint density at radius 3 is 2.33 bits per heavy atom. The van der Waals surface area contributed by atoms with Crippen LogP contribution in [0.4, 0.5) is 18.9 Å². The highest BCUT2D eigenvalue weighted by Crippen LogP contribution is 2.36. The van der Waals surface area contributed by atoms with E-state index in [1.807, 2.05) is 0 Å². The zero-order valence-corrected chi connectivity index (χ0v) is 21.2. The second kappa shape index (κ2) is 10.3. The topological polar surface area (TPSA) is 135 Å². The van der Waals surface area contributed by atoms with E-state index >= 15 is 0 Å². The lowest BCUT2D eigenvalue weighted by atomic mass is 9.97. The summed E-state index contributed by atoms with van der Waals surface area (Å²) < 4.78 is 65.7. The number of carbonyl (C=O) groups excluding carboxylic acids is 1. The highest BCUT2D eigenvalue weighted by molar-refractivity contribution is 7.75. The Kier molecular flexibility index (Phi) is 7.29. The molecule has 0 aliphatic carbocycles. The Morgan fingerprint density at radius 2 is 1.74 bits per heavy atom. The molecule has 1 amide bonds. The van der Waals surface area contributed by atoms with E-state index in [2.05, 4.69) is 10.3 Å². The van der Waals surface area contributed by atoms with Crippen molar-refractivity contribution in [1.82, 2.24) is 9.88 Å². The molecular weight excluding hydrogens is 539 g/mol. The Labute approximate surface area is 220 Å². The number of fused-ring (bicyclic) bond motifs is 1. The van der Waals surface area contributed by atoms with Crippen LogP contribution in [0.15, 0.2) is 64.4 Å². The van der Waals surface area contributed by atoms with E-state index in [0.29, 0.717) is 5.56 Å². The maximum atomic E-state index is 13.7. The number of nitrogens with one attached hydrogen (secondary N) is 1. The number of aryl methyl sites for hydroxylation is 1. The van der Waals surface area contributed by atoms with Gasteiger partial charge in [-0.15, -0.1) is 0 Å². The second-order valence-corrected chi connectivity index (χ2v) is 9.62. The Balaban J connectivity index is 1.60. The van der Waals surface area contributed by atoms with Gasteiger partial charge in [-0.2, -0.15) is 21.6 Å². The van der Waals surface area contributed by atoms with E-state index in [0.717, 1.165) is 10.6 Å². The van der Waals surface area contributed by atoms with Gasteiger partial charge in [-0.1, -0.05) is 42.5 Å². The van der Waals surface area contributed by atoms with Gasteiger partial charge in [0.05, 0.1) is 16.8 Å². The fourth-order valence-electron chi connectivity index (χ4n) is 4.18. The smallest absolute Gasteiger partial charge is 0.417 e. The van der Waals surface area contributed by atoms with Crippen LogP contribution in [0.1, 0.15) is 22.4 Å². The average Bonchev–Trinajstić information content (AvgIpc) is 3.27. The molecular formula is C26H20F3N3O6S. The van der Waals surface area contributed by atoms with Crippen molar-refractivity contribution in [3.63, 3.8) is 0 Å². The van der Waals surface area contributed by atoms with Gasteiger partial charge in [0.2, 0.25) is 10.3 Å². The minimum absolute atomic E-state index is 0.0159. The third-order valence-corrected chi connectivity index (χ3v) is 6.99. The van der Waals surface area contributed by atoms with Crippen molar-refractivity contribution in [2.24, 2.45) is 12.0 Å². The molecule has 2 aromatic carbocycles.